The van der Waals surface area contributed by atoms with Crippen molar-refractivity contribution in [3.05, 3.63) is 36.5 Å². The quantitative estimate of drug-likeness (QED) is 0.0200. The van der Waals surface area contributed by atoms with Gasteiger partial charge in [-0.1, -0.05) is 211 Å². The third kappa shape index (κ3) is 44.7. The Morgan fingerprint density at radius 3 is 1.07 bits per heavy atom. The smallest absolute Gasteiger partial charge is 0.306 e. The zero-order valence-electron chi connectivity index (χ0n) is 38.6. The van der Waals surface area contributed by atoms with Crippen LogP contribution < -0.4 is 0 Å². The maximum atomic E-state index is 12.7. The average molecular weight is 815 g/mol. The summed E-state index contributed by atoms with van der Waals surface area (Å²) in [5, 5.41) is 0. The van der Waals surface area contributed by atoms with Gasteiger partial charge in [0.25, 0.3) is 0 Å². The lowest BCUT2D eigenvalue weighted by molar-refractivity contribution is -0.167. The van der Waals surface area contributed by atoms with Gasteiger partial charge in [0.05, 0.1) is 0 Å². The van der Waals surface area contributed by atoms with Crippen molar-refractivity contribution in [1.82, 2.24) is 0 Å². The van der Waals surface area contributed by atoms with E-state index in [9.17, 15) is 14.4 Å². The topological polar surface area (TPSA) is 78.9 Å². The van der Waals surface area contributed by atoms with E-state index in [2.05, 4.69) is 57.2 Å². The van der Waals surface area contributed by atoms with E-state index in [1.807, 2.05) is 0 Å². The zero-order valence-corrected chi connectivity index (χ0v) is 38.6. The van der Waals surface area contributed by atoms with Crippen LogP contribution in [0.1, 0.15) is 258 Å². The number of carbonyl (C=O) groups excluding carboxylic acids is 3. The van der Waals surface area contributed by atoms with Crippen LogP contribution in [0.25, 0.3) is 0 Å². The largest absolute Gasteiger partial charge is 0.462 e. The van der Waals surface area contributed by atoms with Crippen LogP contribution in [0.2, 0.25) is 0 Å². The van der Waals surface area contributed by atoms with E-state index < -0.39 is 6.10 Å². The van der Waals surface area contributed by atoms with E-state index in [1.54, 1.807) is 0 Å². The fourth-order valence-corrected chi connectivity index (χ4v) is 7.08. The fraction of sp³-hybridized carbons (Fsp3) is 0.827. The Kier molecular flexibility index (Phi) is 45.4. The average Bonchev–Trinajstić information content (AvgIpc) is 3.22. The van der Waals surface area contributed by atoms with E-state index in [4.69, 9.17) is 14.2 Å². The van der Waals surface area contributed by atoms with Crippen LogP contribution in [0.3, 0.4) is 0 Å². The van der Waals surface area contributed by atoms with Gasteiger partial charge in [-0.15, -0.1) is 0 Å². The molecule has 0 saturated heterocycles. The highest BCUT2D eigenvalue weighted by Crippen LogP contribution is 2.15. The first-order valence-electron chi connectivity index (χ1n) is 25.0. The first-order valence-corrected chi connectivity index (χ1v) is 25.0. The molecule has 6 nitrogen and oxygen atoms in total. The van der Waals surface area contributed by atoms with Gasteiger partial charge < -0.3 is 14.2 Å². The van der Waals surface area contributed by atoms with Gasteiger partial charge in [0.2, 0.25) is 0 Å². The summed E-state index contributed by atoms with van der Waals surface area (Å²) in [5.74, 6) is -0.944. The Bertz CT molecular complexity index is 984. The molecule has 0 aliphatic heterocycles. The molecule has 0 saturated carbocycles. The highest BCUT2D eigenvalue weighted by molar-refractivity contribution is 5.71. The molecule has 0 aliphatic rings. The standard InChI is InChI=1S/C52H94O6/c1-4-7-10-13-16-19-21-23-25-27-28-30-33-36-39-42-45-51(54)57-48-49(47-56-50(53)44-41-38-35-32-18-15-12-9-6-3)58-52(55)46-43-40-37-34-31-29-26-24-22-20-17-14-11-8-5-2/h25,27-28,30,32,35,49H,4-24,26,29,31,33-34,36-48H2,1-3H3/b27-25-,30-28-,35-32-. The molecule has 1 atom stereocenters. The summed E-state index contributed by atoms with van der Waals surface area (Å²) >= 11 is 0. The maximum Gasteiger partial charge on any atom is 0.306 e. The van der Waals surface area contributed by atoms with Crippen molar-refractivity contribution in [3.63, 3.8) is 0 Å². The first kappa shape index (κ1) is 55.6. The molecule has 6 heteroatoms. The molecule has 0 spiro atoms. The lowest BCUT2D eigenvalue weighted by Crippen LogP contribution is -2.30. The van der Waals surface area contributed by atoms with Crippen molar-refractivity contribution in [2.75, 3.05) is 13.2 Å². The van der Waals surface area contributed by atoms with E-state index in [0.29, 0.717) is 25.7 Å². The summed E-state index contributed by atoms with van der Waals surface area (Å²) < 4.78 is 16.7. The molecule has 338 valence electrons. The van der Waals surface area contributed by atoms with Crippen molar-refractivity contribution in [3.8, 4) is 0 Å². The highest BCUT2D eigenvalue weighted by Gasteiger charge is 2.19. The van der Waals surface area contributed by atoms with Crippen LogP contribution in [0.15, 0.2) is 36.5 Å². The Morgan fingerprint density at radius 1 is 0.345 bits per heavy atom. The molecular formula is C52H94O6. The highest BCUT2D eigenvalue weighted by atomic mass is 16.6. The number of hydrogen-bond acceptors (Lipinski definition) is 6. The zero-order chi connectivity index (χ0) is 42.3. The summed E-state index contributed by atoms with van der Waals surface area (Å²) in [7, 11) is 0. The normalized spacial score (nSPS) is 12.3. The molecule has 0 amide bonds. The molecule has 0 aliphatic carbocycles. The number of ether oxygens (including phenoxy) is 3. The molecule has 0 aromatic carbocycles. The fourth-order valence-electron chi connectivity index (χ4n) is 7.08. The number of unbranched alkanes of at least 4 members (excludes halogenated alkanes) is 29. The predicted octanol–water partition coefficient (Wildman–Crippen LogP) is 16.1. The Labute approximate surface area is 359 Å². The molecule has 0 heterocycles. The Morgan fingerprint density at radius 2 is 0.638 bits per heavy atom. The molecule has 0 N–H and O–H groups in total. The second kappa shape index (κ2) is 47.3. The minimum Gasteiger partial charge on any atom is -0.462 e. The van der Waals surface area contributed by atoms with Crippen molar-refractivity contribution < 1.29 is 28.6 Å². The SMILES string of the molecule is CCCCCC/C=C\CCCC(=O)OCC(COC(=O)CCCCC/C=C\C=C/CCCCCCCCC)OC(=O)CCCCCCCCCCCCCCCCC. The van der Waals surface area contributed by atoms with E-state index in [-0.39, 0.29) is 31.1 Å². The number of carbonyl (C=O) groups is 3. The minimum absolute atomic E-state index is 0.0919. The molecule has 0 bridgehead atoms. The summed E-state index contributed by atoms with van der Waals surface area (Å²) in [6, 6.07) is 0. The van der Waals surface area contributed by atoms with Crippen LogP contribution in [-0.2, 0) is 28.6 Å². The van der Waals surface area contributed by atoms with E-state index in [0.717, 1.165) is 64.2 Å². The van der Waals surface area contributed by atoms with Gasteiger partial charge in [0.1, 0.15) is 13.2 Å². The van der Waals surface area contributed by atoms with Gasteiger partial charge in [-0.2, -0.15) is 0 Å². The van der Waals surface area contributed by atoms with Crippen molar-refractivity contribution >= 4 is 17.9 Å². The number of esters is 3. The van der Waals surface area contributed by atoms with Crippen molar-refractivity contribution in [1.29, 1.82) is 0 Å². The molecule has 0 rings (SSSR count). The Balaban J connectivity index is 4.37. The van der Waals surface area contributed by atoms with Crippen LogP contribution >= 0.6 is 0 Å². The van der Waals surface area contributed by atoms with Gasteiger partial charge in [0.15, 0.2) is 6.10 Å². The van der Waals surface area contributed by atoms with E-state index in [1.165, 1.54) is 148 Å². The van der Waals surface area contributed by atoms with Crippen LogP contribution in [0.4, 0.5) is 0 Å². The summed E-state index contributed by atoms with van der Waals surface area (Å²) in [4.78, 5) is 37.8. The molecule has 0 fully saturated rings. The van der Waals surface area contributed by atoms with Crippen LogP contribution in [-0.4, -0.2) is 37.2 Å². The number of allylic oxidation sites excluding steroid dienone is 6. The van der Waals surface area contributed by atoms with Gasteiger partial charge in [0, 0.05) is 19.3 Å². The van der Waals surface area contributed by atoms with Gasteiger partial charge in [-0.3, -0.25) is 14.4 Å². The van der Waals surface area contributed by atoms with Crippen molar-refractivity contribution in [2.45, 2.75) is 264 Å². The number of hydrogen-bond donors (Lipinski definition) is 0. The first-order chi connectivity index (χ1) is 28.5. The molecule has 0 aromatic heterocycles. The summed E-state index contributed by atoms with van der Waals surface area (Å²) in [6.45, 7) is 6.56. The van der Waals surface area contributed by atoms with E-state index >= 15 is 0 Å². The third-order valence-corrected chi connectivity index (χ3v) is 10.9. The van der Waals surface area contributed by atoms with Crippen LogP contribution in [0.5, 0.6) is 0 Å². The summed E-state index contributed by atoms with van der Waals surface area (Å²) in [6.07, 6.45) is 54.2. The monoisotopic (exact) mass is 815 g/mol. The molecule has 1 unspecified atom stereocenters. The predicted molar refractivity (Wildman–Crippen MR) is 247 cm³/mol. The van der Waals surface area contributed by atoms with Gasteiger partial charge in [-0.05, 0) is 64.2 Å². The lowest BCUT2D eigenvalue weighted by Gasteiger charge is -2.18. The third-order valence-electron chi connectivity index (χ3n) is 10.9. The van der Waals surface area contributed by atoms with Crippen LogP contribution in [0, 0.1) is 0 Å². The summed E-state index contributed by atoms with van der Waals surface area (Å²) in [5.41, 5.74) is 0. The van der Waals surface area contributed by atoms with Crippen molar-refractivity contribution in [2.24, 2.45) is 0 Å². The molecular weight excluding hydrogens is 721 g/mol. The molecule has 0 radical (unpaired) electrons. The maximum absolute atomic E-state index is 12.7. The molecule has 0 aromatic rings. The minimum atomic E-state index is -0.788. The lowest BCUT2D eigenvalue weighted by atomic mass is 10.0. The second-order valence-corrected chi connectivity index (χ2v) is 16.8. The second-order valence-electron chi connectivity index (χ2n) is 16.8. The van der Waals surface area contributed by atoms with Gasteiger partial charge >= 0.3 is 17.9 Å². The molecule has 58 heavy (non-hydrogen) atoms. The van der Waals surface area contributed by atoms with Gasteiger partial charge in [-0.25, -0.2) is 0 Å². The number of rotatable bonds is 45. The Hall–Kier alpha value is -2.37.